The van der Waals surface area contributed by atoms with E-state index in [0.717, 1.165) is 51.6 Å². The van der Waals surface area contributed by atoms with Crippen molar-refractivity contribution in [2.24, 2.45) is 11.8 Å². The summed E-state index contributed by atoms with van der Waals surface area (Å²) in [6, 6.07) is 0. The van der Waals surface area contributed by atoms with Gasteiger partial charge < -0.3 is 10.1 Å². The lowest BCUT2D eigenvalue weighted by Gasteiger charge is -2.23. The van der Waals surface area contributed by atoms with E-state index < -0.39 is 0 Å². The number of rotatable bonds is 28. The summed E-state index contributed by atoms with van der Waals surface area (Å²) in [6.45, 7) is 7.03. The minimum absolute atomic E-state index is 0.0441. The summed E-state index contributed by atoms with van der Waals surface area (Å²) in [5, 5.41) is 3.34. The summed E-state index contributed by atoms with van der Waals surface area (Å²) in [7, 11) is 0. The van der Waals surface area contributed by atoms with E-state index in [2.05, 4.69) is 19.2 Å². The van der Waals surface area contributed by atoms with Crippen molar-refractivity contribution in [1.82, 2.24) is 5.32 Å². The first-order chi connectivity index (χ1) is 19.2. The summed E-state index contributed by atoms with van der Waals surface area (Å²) in [5.74, 6) is 1.15. The highest BCUT2D eigenvalue weighted by atomic mass is 16.5. The third kappa shape index (κ3) is 22.5. The van der Waals surface area contributed by atoms with Crippen LogP contribution in [0.5, 0.6) is 0 Å². The Kier molecular flexibility index (Phi) is 25.3. The number of carbonyl (C=O) groups is 2. The zero-order valence-electron chi connectivity index (χ0n) is 26.4. The van der Waals surface area contributed by atoms with Gasteiger partial charge in [0.15, 0.2) is 0 Å². The Bertz CT molecular complexity index is 558. The van der Waals surface area contributed by atoms with Crippen molar-refractivity contribution in [2.75, 3.05) is 19.7 Å². The molecule has 0 aromatic heterocycles. The zero-order valence-corrected chi connectivity index (χ0v) is 26.4. The molecule has 0 aromatic carbocycles. The number of Topliss-reactive ketones (excluding diaryl/α,β-unsaturated/α-hetero) is 1. The fraction of sp³-hybridized carbons (Fsp3) is 0.943. The van der Waals surface area contributed by atoms with Gasteiger partial charge in [0, 0.05) is 12.8 Å². The van der Waals surface area contributed by atoms with Gasteiger partial charge in [-0.05, 0) is 57.5 Å². The van der Waals surface area contributed by atoms with Gasteiger partial charge in [-0.2, -0.15) is 0 Å². The summed E-state index contributed by atoms with van der Waals surface area (Å²) < 4.78 is 5.84. The quantitative estimate of drug-likeness (QED) is 0.0779. The third-order valence-corrected chi connectivity index (χ3v) is 8.73. The summed E-state index contributed by atoms with van der Waals surface area (Å²) in [6.07, 6.45) is 31.4. The van der Waals surface area contributed by atoms with E-state index >= 15 is 0 Å². The second-order valence-electron chi connectivity index (χ2n) is 12.5. The largest absolute Gasteiger partial charge is 0.465 e. The highest BCUT2D eigenvalue weighted by Crippen LogP contribution is 2.22. The molecule has 1 atom stereocenters. The summed E-state index contributed by atoms with van der Waals surface area (Å²) in [4.78, 5) is 24.7. The lowest BCUT2D eigenvalue weighted by Crippen LogP contribution is -2.33. The Balaban J connectivity index is 2.11. The SMILES string of the molecule is CCCCCCCCCC(=O)CCCCCCCCC(CCCCCCCCC)COC(=O)C1CCNCC1. The number of hydrogen-bond acceptors (Lipinski definition) is 4. The van der Waals surface area contributed by atoms with Crippen LogP contribution in [0.1, 0.15) is 181 Å². The number of carbonyl (C=O) groups excluding carboxylic acids is 2. The van der Waals surface area contributed by atoms with E-state index in [1.807, 2.05) is 0 Å². The van der Waals surface area contributed by atoms with E-state index in [1.54, 1.807) is 0 Å². The van der Waals surface area contributed by atoms with Crippen LogP contribution < -0.4 is 5.32 Å². The fourth-order valence-electron chi connectivity index (χ4n) is 5.94. The number of esters is 1. The molecule has 4 nitrogen and oxygen atoms in total. The lowest BCUT2D eigenvalue weighted by atomic mass is 9.94. The minimum atomic E-state index is 0.0441. The Hall–Kier alpha value is -0.900. The lowest BCUT2D eigenvalue weighted by molar-refractivity contribution is -0.151. The van der Waals surface area contributed by atoms with Crippen LogP contribution in [-0.4, -0.2) is 31.4 Å². The minimum Gasteiger partial charge on any atom is -0.465 e. The van der Waals surface area contributed by atoms with Crippen molar-refractivity contribution in [2.45, 2.75) is 181 Å². The maximum absolute atomic E-state index is 12.6. The van der Waals surface area contributed by atoms with Gasteiger partial charge in [0.25, 0.3) is 0 Å². The standard InChI is InChI=1S/C35H67NO3/c1-3-5-7-9-11-15-19-23-32(31-39-35(38)33-27-29-36-30-28-33)24-20-16-13-14-18-22-26-34(37)25-21-17-12-10-8-6-4-2/h32-33,36H,3-31H2,1-2H3. The number of hydrogen-bond donors (Lipinski definition) is 1. The second kappa shape index (κ2) is 27.3. The molecule has 0 spiro atoms. The molecule has 230 valence electrons. The molecule has 1 N–H and O–H groups in total. The second-order valence-corrected chi connectivity index (χ2v) is 12.5. The van der Waals surface area contributed by atoms with Crippen LogP contribution in [0, 0.1) is 11.8 Å². The van der Waals surface area contributed by atoms with Gasteiger partial charge in [-0.1, -0.05) is 129 Å². The van der Waals surface area contributed by atoms with Gasteiger partial charge in [-0.3, -0.25) is 9.59 Å². The summed E-state index contributed by atoms with van der Waals surface area (Å²) >= 11 is 0. The molecule has 1 aliphatic heterocycles. The van der Waals surface area contributed by atoms with Crippen LogP contribution in [0.25, 0.3) is 0 Å². The van der Waals surface area contributed by atoms with Crippen molar-refractivity contribution in [3.8, 4) is 0 Å². The molecule has 0 aliphatic carbocycles. The van der Waals surface area contributed by atoms with E-state index in [1.165, 1.54) is 128 Å². The van der Waals surface area contributed by atoms with Gasteiger partial charge in [-0.25, -0.2) is 0 Å². The van der Waals surface area contributed by atoms with Crippen LogP contribution >= 0.6 is 0 Å². The van der Waals surface area contributed by atoms with Crippen LogP contribution in [0.3, 0.4) is 0 Å². The van der Waals surface area contributed by atoms with Crippen molar-refractivity contribution >= 4 is 11.8 Å². The zero-order chi connectivity index (χ0) is 28.2. The Morgan fingerprint density at radius 1 is 0.615 bits per heavy atom. The molecule has 4 heteroatoms. The Labute approximate surface area is 243 Å². The van der Waals surface area contributed by atoms with Gasteiger partial charge in [0.2, 0.25) is 0 Å². The molecule has 0 radical (unpaired) electrons. The normalized spacial score (nSPS) is 14.9. The van der Waals surface area contributed by atoms with Crippen molar-refractivity contribution in [1.29, 1.82) is 0 Å². The molecule has 0 aromatic rings. The predicted molar refractivity (Wildman–Crippen MR) is 167 cm³/mol. The van der Waals surface area contributed by atoms with Gasteiger partial charge in [-0.15, -0.1) is 0 Å². The van der Waals surface area contributed by atoms with Crippen molar-refractivity contribution in [3.05, 3.63) is 0 Å². The van der Waals surface area contributed by atoms with Crippen molar-refractivity contribution < 1.29 is 14.3 Å². The maximum atomic E-state index is 12.6. The number of ether oxygens (including phenoxy) is 1. The average Bonchev–Trinajstić information content (AvgIpc) is 2.96. The van der Waals surface area contributed by atoms with E-state index in [0.29, 0.717) is 18.3 Å². The van der Waals surface area contributed by atoms with Gasteiger partial charge in [0.1, 0.15) is 5.78 Å². The van der Waals surface area contributed by atoms with Gasteiger partial charge in [0.05, 0.1) is 12.5 Å². The topological polar surface area (TPSA) is 55.4 Å². The third-order valence-electron chi connectivity index (χ3n) is 8.73. The molecule has 1 heterocycles. The molecule has 1 aliphatic rings. The maximum Gasteiger partial charge on any atom is 0.309 e. The van der Waals surface area contributed by atoms with E-state index in [-0.39, 0.29) is 11.9 Å². The average molecular weight is 550 g/mol. The monoisotopic (exact) mass is 550 g/mol. The molecular weight excluding hydrogens is 482 g/mol. The van der Waals surface area contributed by atoms with E-state index in [9.17, 15) is 9.59 Å². The van der Waals surface area contributed by atoms with Crippen LogP contribution in [0.4, 0.5) is 0 Å². The van der Waals surface area contributed by atoms with Crippen LogP contribution in [0.2, 0.25) is 0 Å². The highest BCUT2D eigenvalue weighted by Gasteiger charge is 2.23. The van der Waals surface area contributed by atoms with Crippen LogP contribution in [-0.2, 0) is 14.3 Å². The van der Waals surface area contributed by atoms with Gasteiger partial charge >= 0.3 is 5.97 Å². The molecule has 39 heavy (non-hydrogen) atoms. The predicted octanol–water partition coefficient (Wildman–Crippen LogP) is 10.1. The fourth-order valence-corrected chi connectivity index (χ4v) is 5.94. The molecule has 1 saturated heterocycles. The Morgan fingerprint density at radius 3 is 1.49 bits per heavy atom. The first-order valence-corrected chi connectivity index (χ1v) is 17.6. The Morgan fingerprint density at radius 2 is 1.03 bits per heavy atom. The van der Waals surface area contributed by atoms with E-state index in [4.69, 9.17) is 4.74 Å². The number of ketones is 1. The highest BCUT2D eigenvalue weighted by molar-refractivity contribution is 5.78. The molecule has 1 fully saturated rings. The molecule has 0 amide bonds. The van der Waals surface area contributed by atoms with Crippen molar-refractivity contribution in [3.63, 3.8) is 0 Å². The first kappa shape index (κ1) is 36.1. The number of unbranched alkanes of at least 4 members (excludes halogenated alkanes) is 17. The first-order valence-electron chi connectivity index (χ1n) is 17.6. The number of nitrogens with one attached hydrogen (secondary N) is 1. The molecular formula is C35H67NO3. The molecule has 1 unspecified atom stereocenters. The number of piperidine rings is 1. The molecule has 0 bridgehead atoms. The summed E-state index contributed by atoms with van der Waals surface area (Å²) in [5.41, 5.74) is 0. The smallest absolute Gasteiger partial charge is 0.309 e. The van der Waals surface area contributed by atoms with Crippen LogP contribution in [0.15, 0.2) is 0 Å². The molecule has 1 rings (SSSR count). The molecule has 0 saturated carbocycles.